The van der Waals surface area contributed by atoms with Crippen molar-refractivity contribution in [2.75, 3.05) is 21.2 Å². The van der Waals surface area contributed by atoms with Gasteiger partial charge in [0, 0.05) is 0 Å². The van der Waals surface area contributed by atoms with Gasteiger partial charge in [0.05, 0.1) is 24.6 Å². The molecule has 1 aromatic rings. The van der Waals surface area contributed by atoms with E-state index in [0.29, 0.717) is 0 Å². The van der Waals surface area contributed by atoms with Gasteiger partial charge in [0.15, 0.2) is 0 Å². The molecule has 0 aliphatic rings. The van der Waals surface area contributed by atoms with Gasteiger partial charge in [-0.05, 0) is 58.5 Å². The molecular weight excluding hydrogens is 236 g/mol. The van der Waals surface area contributed by atoms with Gasteiger partial charge in [-0.1, -0.05) is 12.1 Å². The molecule has 1 aromatic carbocycles. The minimum Gasteiger partial charge on any atom is -0.496 e. The van der Waals surface area contributed by atoms with Crippen LogP contribution in [0, 0.1) is 30.6 Å². The molecule has 0 radical (unpaired) electrons. The van der Waals surface area contributed by atoms with Crippen molar-refractivity contribution >= 4 is 0 Å². The summed E-state index contributed by atoms with van der Waals surface area (Å²) in [4.78, 5) is 2.10. The Bertz CT molecular complexity index is 475. The smallest absolute Gasteiger partial charge is 0.124 e. The third-order valence-electron chi connectivity index (χ3n) is 3.49. The van der Waals surface area contributed by atoms with Crippen molar-refractivity contribution < 1.29 is 4.74 Å². The molecule has 0 saturated heterocycles. The van der Waals surface area contributed by atoms with E-state index in [-0.39, 0.29) is 6.04 Å². The van der Waals surface area contributed by atoms with E-state index in [0.717, 1.165) is 22.4 Å². The van der Waals surface area contributed by atoms with Crippen molar-refractivity contribution in [1.29, 1.82) is 5.26 Å². The third-order valence-corrected chi connectivity index (χ3v) is 3.49. The molecular formula is C16H24N2O. The van der Waals surface area contributed by atoms with Crippen LogP contribution in [-0.2, 0) is 0 Å². The highest BCUT2D eigenvalue weighted by Gasteiger charge is 2.33. The largest absolute Gasteiger partial charge is 0.496 e. The number of ether oxygens (including phenoxy) is 1. The molecule has 3 heteroatoms. The van der Waals surface area contributed by atoms with Gasteiger partial charge in [-0.3, -0.25) is 0 Å². The van der Waals surface area contributed by atoms with Crippen LogP contribution in [-0.4, -0.2) is 26.1 Å². The fourth-order valence-corrected chi connectivity index (χ4v) is 2.89. The van der Waals surface area contributed by atoms with Crippen molar-refractivity contribution in [3.63, 3.8) is 0 Å². The van der Waals surface area contributed by atoms with Gasteiger partial charge in [-0.2, -0.15) is 5.26 Å². The number of hydrogen-bond donors (Lipinski definition) is 0. The van der Waals surface area contributed by atoms with Gasteiger partial charge >= 0.3 is 0 Å². The minimum absolute atomic E-state index is 0.0563. The van der Waals surface area contributed by atoms with Gasteiger partial charge in [0.1, 0.15) is 5.75 Å². The average molecular weight is 260 g/mol. The van der Waals surface area contributed by atoms with Crippen LogP contribution in [0.5, 0.6) is 5.75 Å². The van der Waals surface area contributed by atoms with E-state index in [1.54, 1.807) is 7.11 Å². The molecule has 0 N–H and O–H groups in total. The highest BCUT2D eigenvalue weighted by Crippen LogP contribution is 2.38. The molecule has 19 heavy (non-hydrogen) atoms. The zero-order valence-corrected chi connectivity index (χ0v) is 13.0. The van der Waals surface area contributed by atoms with Crippen LogP contribution in [0.3, 0.4) is 0 Å². The maximum Gasteiger partial charge on any atom is 0.124 e. The van der Waals surface area contributed by atoms with Crippen LogP contribution in [0.2, 0.25) is 0 Å². The summed E-state index contributed by atoms with van der Waals surface area (Å²) in [6.07, 6.45) is 0. The summed E-state index contributed by atoms with van der Waals surface area (Å²) in [7, 11) is 5.72. The Morgan fingerprint density at radius 2 is 1.68 bits per heavy atom. The number of rotatable bonds is 4. The number of methoxy groups -OCH3 is 1. The van der Waals surface area contributed by atoms with Crippen molar-refractivity contribution in [2.24, 2.45) is 5.41 Å². The first-order valence-electron chi connectivity index (χ1n) is 6.47. The molecule has 0 amide bonds. The fourth-order valence-electron chi connectivity index (χ4n) is 2.89. The molecule has 3 nitrogen and oxygen atoms in total. The van der Waals surface area contributed by atoms with E-state index < -0.39 is 5.41 Å². The zero-order valence-electron chi connectivity index (χ0n) is 13.0. The molecule has 0 aliphatic carbocycles. The Hall–Kier alpha value is -1.53. The molecule has 0 bridgehead atoms. The van der Waals surface area contributed by atoms with Gasteiger partial charge in [-0.15, -0.1) is 0 Å². The Morgan fingerprint density at radius 1 is 1.21 bits per heavy atom. The van der Waals surface area contributed by atoms with Crippen LogP contribution >= 0.6 is 0 Å². The Kier molecular flexibility index (Phi) is 4.60. The predicted octanol–water partition coefficient (Wildman–Crippen LogP) is 3.46. The number of benzene rings is 1. The first-order valence-corrected chi connectivity index (χ1v) is 6.47. The number of nitriles is 1. The topological polar surface area (TPSA) is 36.3 Å². The maximum atomic E-state index is 9.41. The summed E-state index contributed by atoms with van der Waals surface area (Å²) in [5.74, 6) is 0.927. The van der Waals surface area contributed by atoms with E-state index in [1.807, 2.05) is 41.8 Å². The van der Waals surface area contributed by atoms with Crippen molar-refractivity contribution in [2.45, 2.75) is 33.7 Å². The lowest BCUT2D eigenvalue weighted by Gasteiger charge is -2.34. The van der Waals surface area contributed by atoms with Gasteiger partial charge in [0.2, 0.25) is 0 Å². The lowest BCUT2D eigenvalue weighted by atomic mass is 9.80. The summed E-state index contributed by atoms with van der Waals surface area (Å²) in [6, 6.07) is 6.71. The van der Waals surface area contributed by atoms with E-state index in [1.165, 1.54) is 0 Å². The normalized spacial score (nSPS) is 13.2. The molecule has 0 spiro atoms. The molecule has 0 aliphatic heterocycles. The van der Waals surface area contributed by atoms with Crippen molar-refractivity contribution in [3.8, 4) is 11.8 Å². The second-order valence-corrected chi connectivity index (χ2v) is 5.89. The molecule has 1 unspecified atom stereocenters. The van der Waals surface area contributed by atoms with Crippen LogP contribution in [0.4, 0.5) is 0 Å². The molecule has 104 valence electrons. The van der Waals surface area contributed by atoms with Crippen LogP contribution < -0.4 is 4.74 Å². The van der Waals surface area contributed by atoms with Crippen molar-refractivity contribution in [3.05, 3.63) is 28.8 Å². The third kappa shape index (κ3) is 3.08. The van der Waals surface area contributed by atoms with Crippen LogP contribution in [0.15, 0.2) is 12.1 Å². The van der Waals surface area contributed by atoms with E-state index >= 15 is 0 Å². The summed E-state index contributed by atoms with van der Waals surface area (Å²) in [5.41, 5.74) is 2.93. The average Bonchev–Trinajstić information content (AvgIpc) is 2.27. The summed E-state index contributed by atoms with van der Waals surface area (Å²) >= 11 is 0. The minimum atomic E-state index is -0.447. The van der Waals surface area contributed by atoms with Gasteiger partial charge in [-0.25, -0.2) is 0 Å². The number of hydrogen-bond acceptors (Lipinski definition) is 3. The van der Waals surface area contributed by atoms with E-state index in [2.05, 4.69) is 23.1 Å². The molecule has 1 atom stereocenters. The Labute approximate surface area is 116 Å². The summed E-state index contributed by atoms with van der Waals surface area (Å²) in [5, 5.41) is 9.41. The Morgan fingerprint density at radius 3 is 2.00 bits per heavy atom. The summed E-state index contributed by atoms with van der Waals surface area (Å²) < 4.78 is 5.40. The standard InChI is InChI=1S/C16H24N2O/c1-11-8-13(9-12(2)14(11)19-7)15(18(5)6)16(3,4)10-17/h8-9,15H,1-7H3. The molecule has 0 heterocycles. The maximum absolute atomic E-state index is 9.41. The first-order chi connectivity index (χ1) is 8.74. The zero-order chi connectivity index (χ0) is 14.8. The quantitative estimate of drug-likeness (QED) is 0.831. The Balaban J connectivity index is 3.38. The second-order valence-electron chi connectivity index (χ2n) is 5.89. The van der Waals surface area contributed by atoms with E-state index in [9.17, 15) is 5.26 Å². The van der Waals surface area contributed by atoms with Crippen LogP contribution in [0.25, 0.3) is 0 Å². The fraction of sp³-hybridized carbons (Fsp3) is 0.562. The molecule has 1 rings (SSSR count). The molecule has 0 aromatic heterocycles. The highest BCUT2D eigenvalue weighted by molar-refractivity contribution is 5.44. The first kappa shape index (κ1) is 15.5. The second kappa shape index (κ2) is 5.63. The van der Waals surface area contributed by atoms with Crippen LogP contribution in [0.1, 0.15) is 36.6 Å². The number of nitrogens with zero attached hydrogens (tertiary/aromatic N) is 2. The SMILES string of the molecule is COc1c(C)cc(C(N(C)C)C(C)(C)C#N)cc1C. The van der Waals surface area contributed by atoms with E-state index in [4.69, 9.17) is 4.74 Å². The van der Waals surface area contributed by atoms with Gasteiger partial charge in [0.25, 0.3) is 0 Å². The molecule has 0 saturated carbocycles. The molecule has 0 fully saturated rings. The number of aryl methyl sites for hydroxylation is 2. The monoisotopic (exact) mass is 260 g/mol. The lowest BCUT2D eigenvalue weighted by Crippen LogP contribution is -2.32. The van der Waals surface area contributed by atoms with Crippen molar-refractivity contribution in [1.82, 2.24) is 4.90 Å². The highest BCUT2D eigenvalue weighted by atomic mass is 16.5. The summed E-state index contributed by atoms with van der Waals surface area (Å²) in [6.45, 7) is 8.04. The van der Waals surface area contributed by atoms with Gasteiger partial charge < -0.3 is 9.64 Å². The predicted molar refractivity (Wildman–Crippen MR) is 78.3 cm³/mol. The lowest BCUT2D eigenvalue weighted by molar-refractivity contribution is 0.185.